The number of alkyl halides is 2. The van der Waals surface area contributed by atoms with Crippen molar-refractivity contribution in [2.75, 3.05) is 0 Å². The van der Waals surface area contributed by atoms with Crippen LogP contribution in [0.1, 0.15) is 38.0 Å². The van der Waals surface area contributed by atoms with Crippen molar-refractivity contribution in [1.29, 1.82) is 0 Å². The van der Waals surface area contributed by atoms with E-state index in [1.165, 1.54) is 6.07 Å². The number of aliphatic hydroxyl groups excluding tert-OH is 1. The summed E-state index contributed by atoms with van der Waals surface area (Å²) in [7, 11) is 0. The first kappa shape index (κ1) is 13.6. The Labute approximate surface area is 103 Å². The van der Waals surface area contributed by atoms with Crippen molar-refractivity contribution in [1.82, 2.24) is 0 Å². The molecule has 0 aliphatic rings. The molecule has 1 aromatic carbocycles. The highest BCUT2D eigenvalue weighted by Gasteiger charge is 2.22. The molecule has 0 spiro atoms. The third-order valence-corrected chi connectivity index (χ3v) is 2.82. The van der Waals surface area contributed by atoms with E-state index < -0.39 is 12.5 Å². The lowest BCUT2D eigenvalue weighted by molar-refractivity contribution is -0.00587. The summed E-state index contributed by atoms with van der Waals surface area (Å²) in [5.41, 5.74) is 1.02. The molecule has 1 aromatic rings. The van der Waals surface area contributed by atoms with Crippen molar-refractivity contribution < 1.29 is 13.9 Å². The first-order valence-electron chi connectivity index (χ1n) is 4.99. The van der Waals surface area contributed by atoms with Gasteiger partial charge in [0, 0.05) is 4.47 Å². The second-order valence-corrected chi connectivity index (χ2v) is 5.72. The summed E-state index contributed by atoms with van der Waals surface area (Å²) in [5.74, 6) is 0. The summed E-state index contributed by atoms with van der Waals surface area (Å²) >= 11 is 3.27. The lowest BCUT2D eigenvalue weighted by atomic mass is 9.86. The molecule has 1 rings (SSSR count). The highest BCUT2D eigenvalue weighted by Crippen LogP contribution is 2.30. The Bertz CT molecular complexity index is 372. The maximum atomic E-state index is 12.4. The van der Waals surface area contributed by atoms with Crippen LogP contribution in [0.2, 0.25) is 0 Å². The zero-order chi connectivity index (χ0) is 12.5. The van der Waals surface area contributed by atoms with Gasteiger partial charge in [-0.2, -0.15) is 0 Å². The normalized spacial score (nSPS) is 14.2. The Morgan fingerprint density at radius 2 is 1.75 bits per heavy atom. The molecule has 0 saturated heterocycles. The van der Waals surface area contributed by atoms with Crippen molar-refractivity contribution in [3.05, 3.63) is 33.8 Å². The van der Waals surface area contributed by atoms with E-state index in [0.29, 0.717) is 4.47 Å². The maximum Gasteiger partial charge on any atom is 0.268 e. The second kappa shape index (κ2) is 4.80. The Hall–Kier alpha value is -0.480. The fourth-order valence-corrected chi connectivity index (χ4v) is 1.87. The highest BCUT2D eigenvalue weighted by atomic mass is 79.9. The third-order valence-electron chi connectivity index (χ3n) is 2.37. The molecule has 0 aromatic heterocycles. The Balaban J connectivity index is 3.18. The first-order valence-corrected chi connectivity index (χ1v) is 5.78. The summed E-state index contributed by atoms with van der Waals surface area (Å²) < 4.78 is 25.5. The van der Waals surface area contributed by atoms with Crippen molar-refractivity contribution in [3.63, 3.8) is 0 Å². The number of aliphatic hydroxyl groups is 1. The van der Waals surface area contributed by atoms with E-state index in [9.17, 15) is 13.9 Å². The molecular formula is C12H15BrF2O. The molecule has 0 bridgehead atoms. The van der Waals surface area contributed by atoms with Gasteiger partial charge in [-0.05, 0) is 28.7 Å². The van der Waals surface area contributed by atoms with Crippen molar-refractivity contribution in [2.24, 2.45) is 0 Å². The van der Waals surface area contributed by atoms with Crippen LogP contribution < -0.4 is 0 Å². The van der Waals surface area contributed by atoms with Crippen LogP contribution in [0, 0.1) is 0 Å². The minimum Gasteiger partial charge on any atom is -0.382 e. The molecule has 0 radical (unpaired) electrons. The smallest absolute Gasteiger partial charge is 0.268 e. The summed E-state index contributed by atoms with van der Waals surface area (Å²) in [5, 5.41) is 9.34. The summed E-state index contributed by atoms with van der Waals surface area (Å²) in [6.07, 6.45) is -4.49. The van der Waals surface area contributed by atoms with Gasteiger partial charge in [-0.15, -0.1) is 0 Å². The van der Waals surface area contributed by atoms with Gasteiger partial charge in [0.1, 0.15) is 6.10 Å². The van der Waals surface area contributed by atoms with Crippen LogP contribution in [0.5, 0.6) is 0 Å². The quantitative estimate of drug-likeness (QED) is 0.872. The third kappa shape index (κ3) is 3.25. The molecule has 4 heteroatoms. The number of halogens is 3. The van der Waals surface area contributed by atoms with Crippen molar-refractivity contribution >= 4 is 15.9 Å². The molecule has 90 valence electrons. The summed E-state index contributed by atoms with van der Waals surface area (Å²) in [4.78, 5) is 0. The molecule has 0 fully saturated rings. The largest absolute Gasteiger partial charge is 0.382 e. The number of hydrogen-bond donors (Lipinski definition) is 1. The predicted octanol–water partition coefficient (Wildman–Crippen LogP) is 4.05. The Morgan fingerprint density at radius 3 is 2.19 bits per heavy atom. The topological polar surface area (TPSA) is 20.2 Å². The van der Waals surface area contributed by atoms with Gasteiger partial charge in [0.2, 0.25) is 0 Å². The zero-order valence-electron chi connectivity index (χ0n) is 9.47. The minimum absolute atomic E-state index is 0.139. The molecule has 0 amide bonds. The van der Waals surface area contributed by atoms with Crippen LogP contribution >= 0.6 is 15.9 Å². The van der Waals surface area contributed by atoms with Crippen LogP contribution in [0.3, 0.4) is 0 Å². The Morgan fingerprint density at radius 1 is 1.19 bits per heavy atom. The van der Waals surface area contributed by atoms with Gasteiger partial charge in [0.05, 0.1) is 0 Å². The van der Waals surface area contributed by atoms with Gasteiger partial charge >= 0.3 is 0 Å². The lowest BCUT2D eigenvalue weighted by Gasteiger charge is -2.21. The van der Waals surface area contributed by atoms with Crippen molar-refractivity contribution in [3.8, 4) is 0 Å². The number of rotatable bonds is 2. The van der Waals surface area contributed by atoms with Crippen LogP contribution in [0.4, 0.5) is 8.78 Å². The van der Waals surface area contributed by atoms with Gasteiger partial charge in [-0.3, -0.25) is 0 Å². The number of benzene rings is 1. The average Bonchev–Trinajstić information content (AvgIpc) is 2.14. The fourth-order valence-electron chi connectivity index (χ4n) is 1.36. The molecule has 0 aliphatic heterocycles. The van der Waals surface area contributed by atoms with Gasteiger partial charge in [-0.25, -0.2) is 8.78 Å². The molecule has 1 atom stereocenters. The molecular weight excluding hydrogens is 278 g/mol. The maximum absolute atomic E-state index is 12.4. The average molecular weight is 293 g/mol. The monoisotopic (exact) mass is 292 g/mol. The van der Waals surface area contributed by atoms with Crippen molar-refractivity contribution in [2.45, 2.75) is 38.7 Å². The van der Waals surface area contributed by atoms with E-state index in [-0.39, 0.29) is 11.0 Å². The standard InChI is InChI=1S/C12H15BrF2O/c1-12(2,3)8-4-7(5-9(13)6-8)10(16)11(14)15/h4-6,10-11,16H,1-3H3. The fraction of sp³-hybridized carbons (Fsp3) is 0.500. The van der Waals surface area contributed by atoms with E-state index in [2.05, 4.69) is 15.9 Å². The van der Waals surface area contributed by atoms with Gasteiger partial charge in [0.15, 0.2) is 0 Å². The highest BCUT2D eigenvalue weighted by molar-refractivity contribution is 9.10. The van der Waals surface area contributed by atoms with Crippen LogP contribution in [0.25, 0.3) is 0 Å². The molecule has 0 heterocycles. The van der Waals surface area contributed by atoms with Crippen LogP contribution in [0.15, 0.2) is 22.7 Å². The first-order chi connectivity index (χ1) is 7.21. The minimum atomic E-state index is -2.76. The van der Waals surface area contributed by atoms with Gasteiger partial charge in [0.25, 0.3) is 6.43 Å². The number of hydrogen-bond acceptors (Lipinski definition) is 1. The molecule has 1 nitrogen and oxygen atoms in total. The molecule has 1 unspecified atom stereocenters. The zero-order valence-corrected chi connectivity index (χ0v) is 11.1. The molecule has 0 aliphatic carbocycles. The molecule has 0 saturated carbocycles. The Kier molecular flexibility index (Phi) is 4.07. The second-order valence-electron chi connectivity index (χ2n) is 4.80. The summed E-state index contributed by atoms with van der Waals surface area (Å²) in [6, 6.07) is 5.02. The SMILES string of the molecule is CC(C)(C)c1cc(Br)cc(C(O)C(F)F)c1. The lowest BCUT2D eigenvalue weighted by Crippen LogP contribution is -2.14. The predicted molar refractivity (Wildman–Crippen MR) is 63.8 cm³/mol. The van der Waals surface area contributed by atoms with Crippen LogP contribution in [-0.2, 0) is 5.41 Å². The van der Waals surface area contributed by atoms with E-state index >= 15 is 0 Å². The van der Waals surface area contributed by atoms with E-state index in [1.807, 2.05) is 26.8 Å². The van der Waals surface area contributed by atoms with Gasteiger partial charge in [-0.1, -0.05) is 42.8 Å². The van der Waals surface area contributed by atoms with E-state index in [4.69, 9.17) is 0 Å². The van der Waals surface area contributed by atoms with Crippen LogP contribution in [-0.4, -0.2) is 11.5 Å². The van der Waals surface area contributed by atoms with E-state index in [1.54, 1.807) is 6.07 Å². The molecule has 16 heavy (non-hydrogen) atoms. The molecule has 1 N–H and O–H groups in total. The van der Waals surface area contributed by atoms with E-state index in [0.717, 1.165) is 5.56 Å². The summed E-state index contributed by atoms with van der Waals surface area (Å²) in [6.45, 7) is 5.98. The van der Waals surface area contributed by atoms with Gasteiger partial charge < -0.3 is 5.11 Å².